The second-order valence-corrected chi connectivity index (χ2v) is 10.2. The molecule has 3 rings (SSSR count). The minimum absolute atomic E-state index is 0.0417. The summed E-state index contributed by atoms with van der Waals surface area (Å²) in [7, 11) is 3.83. The maximum absolute atomic E-state index is 13.3. The lowest BCUT2D eigenvalue weighted by Crippen LogP contribution is -2.35. The molecule has 1 aliphatic heterocycles. The van der Waals surface area contributed by atoms with E-state index < -0.39 is 17.7 Å². The Labute approximate surface area is 214 Å². The summed E-state index contributed by atoms with van der Waals surface area (Å²) < 4.78 is 11.4. The van der Waals surface area contributed by atoms with Gasteiger partial charge in [0.15, 0.2) is 0 Å². The van der Waals surface area contributed by atoms with Crippen LogP contribution in [-0.4, -0.2) is 67.0 Å². The van der Waals surface area contributed by atoms with E-state index in [2.05, 4.69) is 20.8 Å². The zero-order valence-electron chi connectivity index (χ0n) is 22.4. The van der Waals surface area contributed by atoms with Gasteiger partial charge in [-0.15, -0.1) is 0 Å². The van der Waals surface area contributed by atoms with E-state index in [-0.39, 0.29) is 16.7 Å². The quantitative estimate of drug-likeness (QED) is 0.308. The molecular formula is C29H38N2O5. The lowest BCUT2D eigenvalue weighted by Gasteiger charge is -2.27. The average molecular weight is 495 g/mol. The normalized spacial score (nSPS) is 17.7. The standard InChI is InChI=1S/C29H38N2O5/c1-8-35-21-14-15-22(23(18-21)36-9-2)26(32)24-25(19-10-12-20(13-11-19)29(3,4)5)31(17-16-30(6)7)28(34)27(24)33/h10-15,18,25,32H,8-9,16-17H2,1-7H3/b26-24-. The van der Waals surface area contributed by atoms with Crippen LogP contribution in [-0.2, 0) is 15.0 Å². The van der Waals surface area contributed by atoms with Gasteiger partial charge in [0.2, 0.25) is 0 Å². The third kappa shape index (κ3) is 5.73. The molecule has 1 atom stereocenters. The van der Waals surface area contributed by atoms with Gasteiger partial charge < -0.3 is 24.4 Å². The summed E-state index contributed by atoms with van der Waals surface area (Å²) in [5.74, 6) is -0.586. The summed E-state index contributed by atoms with van der Waals surface area (Å²) in [6, 6.07) is 12.3. The molecule has 0 bridgehead atoms. The summed E-state index contributed by atoms with van der Waals surface area (Å²) >= 11 is 0. The van der Waals surface area contributed by atoms with Crippen molar-refractivity contribution in [1.82, 2.24) is 9.80 Å². The van der Waals surface area contributed by atoms with Crippen molar-refractivity contribution >= 4 is 17.4 Å². The van der Waals surface area contributed by atoms with Crippen molar-refractivity contribution in [2.75, 3.05) is 40.4 Å². The molecule has 0 radical (unpaired) electrons. The number of Topliss-reactive ketones (excluding diaryl/α,β-unsaturated/α-hetero) is 1. The summed E-state index contributed by atoms with van der Waals surface area (Å²) in [4.78, 5) is 30.0. The molecule has 36 heavy (non-hydrogen) atoms. The number of aliphatic hydroxyl groups is 1. The van der Waals surface area contributed by atoms with Crippen LogP contribution >= 0.6 is 0 Å². The predicted molar refractivity (Wildman–Crippen MR) is 141 cm³/mol. The molecule has 1 fully saturated rings. The molecule has 194 valence electrons. The van der Waals surface area contributed by atoms with E-state index in [0.717, 1.165) is 11.1 Å². The van der Waals surface area contributed by atoms with Crippen LogP contribution in [0.1, 0.15) is 57.4 Å². The Kier molecular flexibility index (Phi) is 8.46. The van der Waals surface area contributed by atoms with Crippen molar-refractivity contribution in [2.24, 2.45) is 0 Å². The zero-order valence-corrected chi connectivity index (χ0v) is 22.4. The Hall–Kier alpha value is -3.32. The number of aliphatic hydroxyl groups excluding tert-OH is 1. The van der Waals surface area contributed by atoms with Crippen molar-refractivity contribution in [2.45, 2.75) is 46.1 Å². The van der Waals surface area contributed by atoms with Crippen molar-refractivity contribution in [1.29, 1.82) is 0 Å². The second kappa shape index (κ2) is 11.2. The van der Waals surface area contributed by atoms with Crippen LogP contribution in [0.25, 0.3) is 5.76 Å². The van der Waals surface area contributed by atoms with Crippen LogP contribution in [0.5, 0.6) is 11.5 Å². The van der Waals surface area contributed by atoms with Gasteiger partial charge in [-0.05, 0) is 56.6 Å². The third-order valence-corrected chi connectivity index (χ3v) is 6.24. The summed E-state index contributed by atoms with van der Waals surface area (Å²) in [6.45, 7) is 11.9. The second-order valence-electron chi connectivity index (χ2n) is 10.2. The van der Waals surface area contributed by atoms with Crippen molar-refractivity contribution in [3.05, 3.63) is 64.7 Å². The van der Waals surface area contributed by atoms with Crippen LogP contribution in [0, 0.1) is 0 Å². The fourth-order valence-corrected chi connectivity index (χ4v) is 4.31. The lowest BCUT2D eigenvalue weighted by atomic mass is 9.85. The molecule has 7 heteroatoms. The maximum Gasteiger partial charge on any atom is 0.295 e. The molecule has 2 aromatic carbocycles. The number of rotatable bonds is 9. The van der Waals surface area contributed by atoms with E-state index in [1.54, 1.807) is 23.1 Å². The van der Waals surface area contributed by atoms with Gasteiger partial charge >= 0.3 is 0 Å². The zero-order chi connectivity index (χ0) is 26.6. The topological polar surface area (TPSA) is 79.3 Å². The predicted octanol–water partition coefficient (Wildman–Crippen LogP) is 4.76. The number of benzene rings is 2. The molecule has 0 aromatic heterocycles. The highest BCUT2D eigenvalue weighted by molar-refractivity contribution is 6.46. The molecular weight excluding hydrogens is 456 g/mol. The Balaban J connectivity index is 2.18. The molecule has 1 saturated heterocycles. The molecule has 1 aliphatic rings. The van der Waals surface area contributed by atoms with Gasteiger partial charge in [0, 0.05) is 19.2 Å². The largest absolute Gasteiger partial charge is 0.507 e. The first-order valence-corrected chi connectivity index (χ1v) is 12.4. The van der Waals surface area contributed by atoms with Gasteiger partial charge in [0.05, 0.1) is 30.4 Å². The summed E-state index contributed by atoms with van der Waals surface area (Å²) in [5.41, 5.74) is 2.28. The fourth-order valence-electron chi connectivity index (χ4n) is 4.31. The molecule has 0 spiro atoms. The van der Waals surface area contributed by atoms with Gasteiger partial charge in [-0.2, -0.15) is 0 Å². The highest BCUT2D eigenvalue weighted by Gasteiger charge is 2.46. The first-order valence-electron chi connectivity index (χ1n) is 12.4. The Morgan fingerprint density at radius 1 is 1.00 bits per heavy atom. The molecule has 1 N–H and O–H groups in total. The SMILES string of the molecule is CCOc1ccc(/C(O)=C2/C(=O)C(=O)N(CCN(C)C)C2c2ccc(C(C)(C)C)cc2)c(OCC)c1. The van der Waals surface area contributed by atoms with Gasteiger partial charge in [-0.3, -0.25) is 9.59 Å². The Morgan fingerprint density at radius 2 is 1.64 bits per heavy atom. The van der Waals surface area contributed by atoms with E-state index in [0.29, 0.717) is 43.4 Å². The number of likely N-dealkylation sites (N-methyl/N-ethyl adjacent to an activating group) is 1. The van der Waals surface area contributed by atoms with Crippen LogP contribution in [0.4, 0.5) is 0 Å². The van der Waals surface area contributed by atoms with E-state index in [4.69, 9.17) is 9.47 Å². The maximum atomic E-state index is 13.3. The van der Waals surface area contributed by atoms with Crippen molar-refractivity contribution < 1.29 is 24.2 Å². The number of carbonyl (C=O) groups excluding carboxylic acids is 2. The molecule has 7 nitrogen and oxygen atoms in total. The van der Waals surface area contributed by atoms with E-state index >= 15 is 0 Å². The Morgan fingerprint density at radius 3 is 2.19 bits per heavy atom. The summed E-state index contributed by atoms with van der Waals surface area (Å²) in [5, 5.41) is 11.5. The highest BCUT2D eigenvalue weighted by Crippen LogP contribution is 2.42. The van der Waals surface area contributed by atoms with Crippen molar-refractivity contribution in [3.8, 4) is 11.5 Å². The lowest BCUT2D eigenvalue weighted by molar-refractivity contribution is -0.140. The summed E-state index contributed by atoms with van der Waals surface area (Å²) in [6.07, 6.45) is 0. The molecule has 1 amide bonds. The molecule has 0 saturated carbocycles. The van der Waals surface area contributed by atoms with Crippen LogP contribution < -0.4 is 9.47 Å². The first kappa shape index (κ1) is 27.3. The average Bonchev–Trinajstić information content (AvgIpc) is 3.07. The number of likely N-dealkylation sites (tertiary alicyclic amines) is 1. The van der Waals surface area contributed by atoms with Crippen LogP contribution in [0.3, 0.4) is 0 Å². The molecule has 2 aromatic rings. The van der Waals surface area contributed by atoms with E-state index in [9.17, 15) is 14.7 Å². The first-order chi connectivity index (χ1) is 17.0. The Bertz CT molecular complexity index is 1130. The monoisotopic (exact) mass is 494 g/mol. The van der Waals surface area contributed by atoms with E-state index in [1.165, 1.54) is 0 Å². The van der Waals surface area contributed by atoms with Gasteiger partial charge in [0.25, 0.3) is 11.7 Å². The number of hydrogen-bond acceptors (Lipinski definition) is 6. The number of carbonyl (C=O) groups is 2. The molecule has 1 heterocycles. The highest BCUT2D eigenvalue weighted by atomic mass is 16.5. The van der Waals surface area contributed by atoms with Gasteiger partial charge in [-0.1, -0.05) is 45.0 Å². The fraction of sp³-hybridized carbons (Fsp3) is 0.448. The minimum Gasteiger partial charge on any atom is -0.507 e. The molecule has 0 aliphatic carbocycles. The van der Waals surface area contributed by atoms with E-state index in [1.807, 2.05) is 57.1 Å². The number of amides is 1. The van der Waals surface area contributed by atoms with Gasteiger partial charge in [-0.25, -0.2) is 0 Å². The third-order valence-electron chi connectivity index (χ3n) is 6.24. The minimum atomic E-state index is -0.708. The molecule has 1 unspecified atom stereocenters. The van der Waals surface area contributed by atoms with Crippen LogP contribution in [0.15, 0.2) is 48.0 Å². The number of ether oxygens (including phenoxy) is 2. The van der Waals surface area contributed by atoms with Crippen LogP contribution in [0.2, 0.25) is 0 Å². The smallest absolute Gasteiger partial charge is 0.295 e. The van der Waals surface area contributed by atoms with Crippen molar-refractivity contribution in [3.63, 3.8) is 0 Å². The van der Waals surface area contributed by atoms with Gasteiger partial charge in [0.1, 0.15) is 17.3 Å². The number of ketones is 1. The number of hydrogen-bond donors (Lipinski definition) is 1. The number of nitrogens with zero attached hydrogens (tertiary/aromatic N) is 2.